The maximum absolute atomic E-state index is 13.5. The minimum atomic E-state index is -0.363. The topological polar surface area (TPSA) is 55.3 Å². The molecule has 2 heterocycles. The van der Waals surface area contributed by atoms with Crippen LogP contribution in [0.25, 0.3) is 10.2 Å². The highest BCUT2D eigenvalue weighted by atomic mass is 32.1. The molecular weight excluding hydrogens is 389 g/mol. The minimum absolute atomic E-state index is 0.294. The molecule has 0 bridgehead atoms. The zero-order valence-electron chi connectivity index (χ0n) is 15.2. The highest BCUT2D eigenvalue weighted by Crippen LogP contribution is 2.30. The van der Waals surface area contributed by atoms with Crippen molar-refractivity contribution in [2.24, 2.45) is 0 Å². The van der Waals surface area contributed by atoms with E-state index in [4.69, 9.17) is 4.74 Å². The number of nitrogens with zero attached hydrogens (tertiary/aromatic N) is 3. The number of pyridine rings is 1. The number of carbonyl (C=O) groups excluding carboxylic acids is 1. The molecule has 0 unspecified atom stereocenters. The SMILES string of the molecule is O=C(C=COc1ccccc1)N(Cc1ccncc1)c1nc2cc(F)ccc2s1. The molecule has 5 nitrogen and oxygen atoms in total. The van der Waals surface area contributed by atoms with E-state index in [2.05, 4.69) is 9.97 Å². The Morgan fingerprint density at radius 3 is 2.69 bits per heavy atom. The second kappa shape index (κ2) is 8.62. The first-order valence-electron chi connectivity index (χ1n) is 8.84. The lowest BCUT2D eigenvalue weighted by molar-refractivity contribution is -0.114. The van der Waals surface area contributed by atoms with Gasteiger partial charge in [-0.15, -0.1) is 0 Å². The zero-order valence-corrected chi connectivity index (χ0v) is 16.1. The molecule has 0 spiro atoms. The number of hydrogen-bond donors (Lipinski definition) is 0. The molecule has 0 radical (unpaired) electrons. The van der Waals surface area contributed by atoms with E-state index in [0.29, 0.717) is 22.9 Å². The number of ether oxygens (including phenoxy) is 1. The van der Waals surface area contributed by atoms with Crippen LogP contribution >= 0.6 is 11.3 Å². The summed E-state index contributed by atoms with van der Waals surface area (Å²) in [7, 11) is 0. The predicted molar refractivity (Wildman–Crippen MR) is 111 cm³/mol. The summed E-state index contributed by atoms with van der Waals surface area (Å²) in [5.74, 6) is -0.0255. The molecule has 0 saturated carbocycles. The summed E-state index contributed by atoms with van der Waals surface area (Å²) in [4.78, 5) is 22.9. The summed E-state index contributed by atoms with van der Waals surface area (Å²) >= 11 is 1.33. The summed E-state index contributed by atoms with van der Waals surface area (Å²) < 4.78 is 19.8. The number of anilines is 1. The summed E-state index contributed by atoms with van der Waals surface area (Å²) in [5.41, 5.74) is 1.42. The lowest BCUT2D eigenvalue weighted by Crippen LogP contribution is -2.28. The standard InChI is InChI=1S/C22H16FN3O2S/c23-17-6-7-20-19(14-17)25-22(29-20)26(15-16-8-11-24-12-9-16)21(27)10-13-28-18-4-2-1-3-5-18/h1-14H,15H2. The highest BCUT2D eigenvalue weighted by Gasteiger charge is 2.19. The van der Waals surface area contributed by atoms with E-state index in [1.54, 1.807) is 30.6 Å². The molecule has 0 N–H and O–H groups in total. The Labute approximate surface area is 170 Å². The fraction of sp³-hybridized carbons (Fsp3) is 0.0455. The number of para-hydroxylation sites is 1. The Morgan fingerprint density at radius 1 is 1.10 bits per heavy atom. The van der Waals surface area contributed by atoms with Crippen molar-refractivity contribution in [3.05, 3.63) is 96.8 Å². The molecule has 29 heavy (non-hydrogen) atoms. The highest BCUT2D eigenvalue weighted by molar-refractivity contribution is 7.22. The van der Waals surface area contributed by atoms with Gasteiger partial charge in [0, 0.05) is 24.5 Å². The molecule has 0 aliphatic heterocycles. The normalized spacial score (nSPS) is 11.1. The molecule has 144 valence electrons. The fourth-order valence-corrected chi connectivity index (χ4v) is 3.62. The number of hydrogen-bond acceptors (Lipinski definition) is 5. The van der Waals surface area contributed by atoms with Gasteiger partial charge >= 0.3 is 0 Å². The Kier molecular flexibility index (Phi) is 5.58. The molecule has 0 fully saturated rings. The van der Waals surface area contributed by atoms with Crippen molar-refractivity contribution in [2.45, 2.75) is 6.54 Å². The van der Waals surface area contributed by atoms with Crippen LogP contribution < -0.4 is 9.64 Å². The fourth-order valence-electron chi connectivity index (χ4n) is 2.67. The first-order valence-corrected chi connectivity index (χ1v) is 9.65. The summed E-state index contributed by atoms with van der Waals surface area (Å²) in [5, 5.41) is 0.483. The molecular formula is C22H16FN3O2S. The van der Waals surface area contributed by atoms with Crippen molar-refractivity contribution in [2.75, 3.05) is 4.90 Å². The number of halogens is 1. The van der Waals surface area contributed by atoms with E-state index in [9.17, 15) is 9.18 Å². The van der Waals surface area contributed by atoms with Crippen molar-refractivity contribution in [3.8, 4) is 5.75 Å². The van der Waals surface area contributed by atoms with Crippen LogP contribution in [0.2, 0.25) is 0 Å². The molecule has 0 aliphatic carbocycles. The zero-order chi connectivity index (χ0) is 20.1. The molecule has 1 amide bonds. The number of carbonyl (C=O) groups is 1. The first-order chi connectivity index (χ1) is 14.2. The molecule has 0 atom stereocenters. The van der Waals surface area contributed by atoms with E-state index in [-0.39, 0.29) is 11.7 Å². The summed E-state index contributed by atoms with van der Waals surface area (Å²) in [6, 6.07) is 17.2. The third kappa shape index (κ3) is 4.64. The quantitative estimate of drug-likeness (QED) is 0.336. The van der Waals surface area contributed by atoms with Crippen LogP contribution in [0.1, 0.15) is 5.56 Å². The molecule has 0 aliphatic rings. The van der Waals surface area contributed by atoms with E-state index < -0.39 is 0 Å². The van der Waals surface area contributed by atoms with Gasteiger partial charge in [-0.1, -0.05) is 29.5 Å². The summed E-state index contributed by atoms with van der Waals surface area (Å²) in [6.45, 7) is 0.305. The van der Waals surface area contributed by atoms with Crippen molar-refractivity contribution in [1.29, 1.82) is 0 Å². The third-order valence-electron chi connectivity index (χ3n) is 4.08. The van der Waals surface area contributed by atoms with Crippen LogP contribution in [-0.4, -0.2) is 15.9 Å². The van der Waals surface area contributed by atoms with E-state index in [1.165, 1.54) is 40.7 Å². The number of thiazole rings is 1. The first kappa shape index (κ1) is 18.8. The van der Waals surface area contributed by atoms with Crippen molar-refractivity contribution in [1.82, 2.24) is 9.97 Å². The Hall–Kier alpha value is -3.58. The molecule has 4 rings (SSSR count). The Balaban J connectivity index is 1.61. The van der Waals surface area contributed by atoms with Gasteiger partial charge in [0.25, 0.3) is 5.91 Å². The monoisotopic (exact) mass is 405 g/mol. The smallest absolute Gasteiger partial charge is 0.256 e. The molecule has 2 aromatic heterocycles. The minimum Gasteiger partial charge on any atom is -0.465 e. The third-order valence-corrected chi connectivity index (χ3v) is 5.14. The van der Waals surface area contributed by atoms with Gasteiger partial charge < -0.3 is 4.74 Å². The number of fused-ring (bicyclic) bond motifs is 1. The van der Waals surface area contributed by atoms with Gasteiger partial charge in [0.15, 0.2) is 5.13 Å². The van der Waals surface area contributed by atoms with Crippen LogP contribution in [0, 0.1) is 5.82 Å². The van der Waals surface area contributed by atoms with E-state index in [1.807, 2.05) is 30.3 Å². The lowest BCUT2D eigenvalue weighted by Gasteiger charge is -2.18. The van der Waals surface area contributed by atoms with Crippen LogP contribution in [-0.2, 0) is 11.3 Å². The maximum atomic E-state index is 13.5. The number of benzene rings is 2. The molecule has 4 aromatic rings. The van der Waals surface area contributed by atoms with Gasteiger partial charge in [-0.2, -0.15) is 0 Å². The van der Waals surface area contributed by atoms with Gasteiger partial charge in [0.1, 0.15) is 11.6 Å². The molecule has 0 saturated heterocycles. The predicted octanol–water partition coefficient (Wildman–Crippen LogP) is 4.96. The van der Waals surface area contributed by atoms with Gasteiger partial charge in [-0.25, -0.2) is 9.37 Å². The average molecular weight is 405 g/mol. The van der Waals surface area contributed by atoms with Crippen molar-refractivity contribution < 1.29 is 13.9 Å². The number of aromatic nitrogens is 2. The van der Waals surface area contributed by atoms with Gasteiger partial charge in [0.2, 0.25) is 0 Å². The van der Waals surface area contributed by atoms with Gasteiger partial charge in [-0.3, -0.25) is 14.7 Å². The van der Waals surface area contributed by atoms with E-state index >= 15 is 0 Å². The van der Waals surface area contributed by atoms with Crippen LogP contribution in [0.15, 0.2) is 85.4 Å². The average Bonchev–Trinajstić information content (AvgIpc) is 3.16. The van der Waals surface area contributed by atoms with Gasteiger partial charge in [0.05, 0.1) is 23.0 Å². The molecule has 2 aromatic carbocycles. The number of rotatable bonds is 6. The Morgan fingerprint density at radius 2 is 1.90 bits per heavy atom. The van der Waals surface area contributed by atoms with Crippen LogP contribution in [0.5, 0.6) is 5.75 Å². The maximum Gasteiger partial charge on any atom is 0.256 e. The van der Waals surface area contributed by atoms with E-state index in [0.717, 1.165) is 10.3 Å². The Bertz CT molecular complexity index is 1150. The molecule has 7 heteroatoms. The van der Waals surface area contributed by atoms with Crippen LogP contribution in [0.4, 0.5) is 9.52 Å². The lowest BCUT2D eigenvalue weighted by atomic mass is 10.2. The van der Waals surface area contributed by atoms with Crippen molar-refractivity contribution in [3.63, 3.8) is 0 Å². The summed E-state index contributed by atoms with van der Waals surface area (Å²) in [6.07, 6.45) is 6.03. The second-order valence-electron chi connectivity index (χ2n) is 6.12. The largest absolute Gasteiger partial charge is 0.465 e. The second-order valence-corrected chi connectivity index (χ2v) is 7.13. The van der Waals surface area contributed by atoms with Crippen molar-refractivity contribution >= 4 is 32.6 Å². The number of amides is 1. The van der Waals surface area contributed by atoms with Crippen LogP contribution in [0.3, 0.4) is 0 Å². The van der Waals surface area contributed by atoms with Gasteiger partial charge in [-0.05, 0) is 42.0 Å².